The van der Waals surface area contributed by atoms with E-state index in [1.165, 1.54) is 18.2 Å². The van der Waals surface area contributed by atoms with Crippen LogP contribution in [0.2, 0.25) is 5.02 Å². The molecule has 3 N–H and O–H groups in total. The van der Waals surface area contributed by atoms with E-state index in [1.807, 2.05) is 6.92 Å². The average molecular weight is 323 g/mol. The number of carbonyl (C=O) groups excluding carboxylic acids is 1. The summed E-state index contributed by atoms with van der Waals surface area (Å²) in [7, 11) is 0. The van der Waals surface area contributed by atoms with Crippen LogP contribution in [0.5, 0.6) is 0 Å². The first-order valence-electron chi connectivity index (χ1n) is 6.04. The number of hydrogen-bond donors (Lipinski definition) is 2. The second-order valence-corrected chi connectivity index (χ2v) is 5.41. The molecule has 0 radical (unpaired) electrons. The number of anilines is 1. The lowest BCUT2D eigenvalue weighted by Crippen LogP contribution is -2.14. The first-order chi connectivity index (χ1) is 9.86. The monoisotopic (exact) mass is 322 g/mol. The van der Waals surface area contributed by atoms with Gasteiger partial charge in [0.15, 0.2) is 0 Å². The number of aryl methyl sites for hydroxylation is 1. The van der Waals surface area contributed by atoms with E-state index >= 15 is 0 Å². The molecule has 6 heteroatoms. The van der Waals surface area contributed by atoms with Gasteiger partial charge in [0.2, 0.25) is 0 Å². The third kappa shape index (κ3) is 3.77. The highest BCUT2D eigenvalue weighted by Gasteiger charge is 2.11. The highest BCUT2D eigenvalue weighted by atomic mass is 35.5. The van der Waals surface area contributed by atoms with Crippen LogP contribution >= 0.6 is 23.8 Å². The molecular weight excluding hydrogens is 311 g/mol. The molecule has 2 rings (SSSR count). The first-order valence-corrected chi connectivity index (χ1v) is 6.83. The van der Waals surface area contributed by atoms with E-state index in [1.54, 1.807) is 18.2 Å². The van der Waals surface area contributed by atoms with Crippen molar-refractivity contribution in [1.29, 1.82) is 0 Å². The van der Waals surface area contributed by atoms with E-state index in [0.29, 0.717) is 16.1 Å². The molecule has 0 unspecified atom stereocenters. The summed E-state index contributed by atoms with van der Waals surface area (Å²) in [5, 5.41) is 2.94. The Balaban J connectivity index is 2.25. The Hall–Kier alpha value is -1.98. The van der Waals surface area contributed by atoms with Crippen LogP contribution in [0, 0.1) is 12.7 Å². The summed E-state index contributed by atoms with van der Waals surface area (Å²) in [6.07, 6.45) is 0. The van der Waals surface area contributed by atoms with Gasteiger partial charge >= 0.3 is 0 Å². The third-order valence-corrected chi connectivity index (χ3v) is 3.26. The predicted octanol–water partition coefficient (Wildman–Crippen LogP) is 3.67. The quantitative estimate of drug-likeness (QED) is 0.848. The second kappa shape index (κ2) is 6.20. The van der Waals surface area contributed by atoms with E-state index in [0.717, 1.165) is 5.56 Å². The lowest BCUT2D eigenvalue weighted by molar-refractivity contribution is 0.102. The Morgan fingerprint density at radius 3 is 2.52 bits per heavy atom. The van der Waals surface area contributed by atoms with Gasteiger partial charge in [-0.1, -0.05) is 23.8 Å². The Morgan fingerprint density at radius 2 is 1.95 bits per heavy atom. The van der Waals surface area contributed by atoms with Crippen molar-refractivity contribution in [2.75, 3.05) is 5.32 Å². The number of halogens is 2. The van der Waals surface area contributed by atoms with Crippen molar-refractivity contribution in [3.05, 3.63) is 63.9 Å². The minimum atomic E-state index is -0.604. The zero-order valence-corrected chi connectivity index (χ0v) is 12.7. The molecule has 0 saturated heterocycles. The zero-order valence-electron chi connectivity index (χ0n) is 11.1. The maximum atomic E-state index is 13.9. The molecule has 2 aromatic carbocycles. The molecule has 0 heterocycles. The molecule has 1 amide bonds. The maximum Gasteiger partial charge on any atom is 0.255 e. The zero-order chi connectivity index (χ0) is 15.6. The summed E-state index contributed by atoms with van der Waals surface area (Å²) in [5.41, 5.74) is 7.08. The molecule has 0 atom stereocenters. The van der Waals surface area contributed by atoms with E-state index in [-0.39, 0.29) is 10.7 Å². The van der Waals surface area contributed by atoms with Crippen LogP contribution in [0.3, 0.4) is 0 Å². The highest BCUT2D eigenvalue weighted by Crippen LogP contribution is 2.19. The summed E-state index contributed by atoms with van der Waals surface area (Å²) < 4.78 is 13.9. The summed E-state index contributed by atoms with van der Waals surface area (Å²) >= 11 is 10.7. The Morgan fingerprint density at radius 1 is 1.24 bits per heavy atom. The first kappa shape index (κ1) is 15.4. The van der Waals surface area contributed by atoms with Gasteiger partial charge in [-0.25, -0.2) is 4.39 Å². The summed E-state index contributed by atoms with van der Waals surface area (Å²) in [6, 6.07) is 9.06. The fourth-order valence-electron chi connectivity index (χ4n) is 1.83. The predicted molar refractivity (Wildman–Crippen MR) is 86.4 cm³/mol. The largest absolute Gasteiger partial charge is 0.389 e. The van der Waals surface area contributed by atoms with Crippen LogP contribution < -0.4 is 11.1 Å². The Kier molecular flexibility index (Phi) is 4.55. The van der Waals surface area contributed by atoms with Crippen LogP contribution in [0.25, 0.3) is 0 Å². The number of carbonyl (C=O) groups is 1. The van der Waals surface area contributed by atoms with E-state index in [9.17, 15) is 9.18 Å². The number of hydrogen-bond acceptors (Lipinski definition) is 2. The molecular formula is C15H12ClFN2OS. The fourth-order valence-corrected chi connectivity index (χ4v) is 2.25. The lowest BCUT2D eigenvalue weighted by atomic mass is 10.1. The lowest BCUT2D eigenvalue weighted by Gasteiger charge is -2.09. The van der Waals surface area contributed by atoms with Gasteiger partial charge in [-0.3, -0.25) is 4.79 Å². The van der Waals surface area contributed by atoms with Crippen molar-refractivity contribution in [1.82, 2.24) is 0 Å². The van der Waals surface area contributed by atoms with Gasteiger partial charge in [-0.05, 0) is 48.9 Å². The van der Waals surface area contributed by atoms with E-state index < -0.39 is 11.7 Å². The van der Waals surface area contributed by atoms with Gasteiger partial charge < -0.3 is 11.1 Å². The SMILES string of the molecule is Cc1cc(Cl)cc(C(=O)Nc2ccc(C(N)=S)cc2F)c1. The minimum Gasteiger partial charge on any atom is -0.389 e. The van der Waals surface area contributed by atoms with E-state index in [4.69, 9.17) is 29.6 Å². The summed E-state index contributed by atoms with van der Waals surface area (Å²) in [6.45, 7) is 1.82. The Bertz CT molecular complexity index is 713. The van der Waals surface area contributed by atoms with Crippen LogP contribution in [0.4, 0.5) is 10.1 Å². The van der Waals surface area contributed by atoms with Crippen molar-refractivity contribution in [3.63, 3.8) is 0 Å². The number of amides is 1. The number of rotatable bonds is 3. The molecule has 0 bridgehead atoms. The minimum absolute atomic E-state index is 0.0534. The fraction of sp³-hybridized carbons (Fsp3) is 0.0667. The number of benzene rings is 2. The smallest absolute Gasteiger partial charge is 0.255 e. The number of nitrogens with one attached hydrogen (secondary N) is 1. The molecule has 0 aromatic heterocycles. The Labute approximate surface area is 131 Å². The molecule has 0 fully saturated rings. The molecule has 2 aromatic rings. The van der Waals surface area contributed by atoms with Gasteiger partial charge in [-0.15, -0.1) is 0 Å². The molecule has 3 nitrogen and oxygen atoms in total. The van der Waals surface area contributed by atoms with Gasteiger partial charge in [0.25, 0.3) is 5.91 Å². The van der Waals surface area contributed by atoms with Gasteiger partial charge in [0.1, 0.15) is 10.8 Å². The van der Waals surface area contributed by atoms with Crippen LogP contribution in [0.1, 0.15) is 21.5 Å². The van der Waals surface area contributed by atoms with Crippen molar-refractivity contribution in [3.8, 4) is 0 Å². The normalized spacial score (nSPS) is 10.2. The number of nitrogens with two attached hydrogens (primary N) is 1. The summed E-state index contributed by atoms with van der Waals surface area (Å²) in [5.74, 6) is -1.05. The average Bonchev–Trinajstić information content (AvgIpc) is 2.39. The van der Waals surface area contributed by atoms with Crippen molar-refractivity contribution in [2.45, 2.75) is 6.92 Å². The number of thiocarbonyl (C=S) groups is 1. The topological polar surface area (TPSA) is 55.1 Å². The highest BCUT2D eigenvalue weighted by molar-refractivity contribution is 7.80. The van der Waals surface area contributed by atoms with Crippen molar-refractivity contribution in [2.24, 2.45) is 5.73 Å². The molecule has 108 valence electrons. The van der Waals surface area contributed by atoms with Gasteiger partial charge in [0, 0.05) is 16.1 Å². The van der Waals surface area contributed by atoms with Crippen LogP contribution in [-0.4, -0.2) is 10.9 Å². The van der Waals surface area contributed by atoms with E-state index in [2.05, 4.69) is 5.32 Å². The molecule has 0 aliphatic rings. The molecule has 0 saturated carbocycles. The molecule has 21 heavy (non-hydrogen) atoms. The third-order valence-electron chi connectivity index (χ3n) is 2.81. The molecule has 0 spiro atoms. The maximum absolute atomic E-state index is 13.9. The molecule has 0 aliphatic heterocycles. The second-order valence-electron chi connectivity index (χ2n) is 4.53. The standard InChI is InChI=1S/C15H12ClFN2OS/c1-8-4-10(6-11(16)5-8)15(20)19-13-3-2-9(14(18)21)7-12(13)17/h2-7H,1H3,(H2,18,21)(H,19,20). The summed E-state index contributed by atoms with van der Waals surface area (Å²) in [4.78, 5) is 12.2. The van der Waals surface area contributed by atoms with Crippen molar-refractivity contribution < 1.29 is 9.18 Å². The van der Waals surface area contributed by atoms with Crippen LogP contribution in [0.15, 0.2) is 36.4 Å². The van der Waals surface area contributed by atoms with Gasteiger partial charge in [-0.2, -0.15) is 0 Å². The van der Waals surface area contributed by atoms with Crippen molar-refractivity contribution >= 4 is 40.4 Å². The molecule has 0 aliphatic carbocycles. The van der Waals surface area contributed by atoms with Gasteiger partial charge in [0.05, 0.1) is 5.69 Å². The van der Waals surface area contributed by atoms with Crippen LogP contribution in [-0.2, 0) is 0 Å².